The maximum Gasteiger partial charge on any atom is 0.259 e. The van der Waals surface area contributed by atoms with E-state index in [1.807, 2.05) is 11.0 Å². The maximum absolute atomic E-state index is 12.5. The Balaban J connectivity index is 1.50. The van der Waals surface area contributed by atoms with Crippen LogP contribution in [-0.2, 0) is 0 Å². The number of hydrogen-bond donors (Lipinski definition) is 0. The number of likely N-dealkylation sites (tertiary alicyclic amines) is 1. The molecule has 4 rings (SSSR count). The van der Waals surface area contributed by atoms with Gasteiger partial charge in [-0.15, -0.1) is 15.3 Å². The lowest BCUT2D eigenvalue weighted by molar-refractivity contribution is 0.0709. The van der Waals surface area contributed by atoms with Crippen molar-refractivity contribution in [3.63, 3.8) is 0 Å². The number of methoxy groups -OCH3 is 1. The zero-order chi connectivity index (χ0) is 17.4. The number of hydrogen-bond acceptors (Lipinski definition) is 7. The van der Waals surface area contributed by atoms with Crippen LogP contribution in [0.15, 0.2) is 22.9 Å². The molecule has 4 heterocycles. The predicted octanol–water partition coefficient (Wildman–Crippen LogP) is 1.45. The summed E-state index contributed by atoms with van der Waals surface area (Å²) in [6.07, 6.45) is 3.08. The highest BCUT2D eigenvalue weighted by molar-refractivity contribution is 5.94. The fourth-order valence-electron chi connectivity index (χ4n) is 3.17. The quantitative estimate of drug-likeness (QED) is 0.710. The molecule has 0 aliphatic carbocycles. The Morgan fingerprint density at radius 1 is 1.28 bits per heavy atom. The third-order valence-corrected chi connectivity index (χ3v) is 4.60. The number of piperidine rings is 1. The van der Waals surface area contributed by atoms with E-state index in [1.165, 1.54) is 6.20 Å². The number of amides is 1. The van der Waals surface area contributed by atoms with Crippen LogP contribution in [0, 0.1) is 6.92 Å². The first-order valence-corrected chi connectivity index (χ1v) is 8.14. The third-order valence-electron chi connectivity index (χ3n) is 4.60. The lowest BCUT2D eigenvalue weighted by atomic mass is 9.95. The number of rotatable bonds is 3. The number of fused-ring (bicyclic) bond motifs is 1. The largest absolute Gasteiger partial charge is 0.480 e. The molecule has 0 saturated carbocycles. The molecule has 9 heteroatoms. The predicted molar refractivity (Wildman–Crippen MR) is 86.5 cm³/mol. The highest BCUT2D eigenvalue weighted by atomic mass is 16.5. The molecular weight excluding hydrogens is 324 g/mol. The van der Waals surface area contributed by atoms with Gasteiger partial charge in [0.2, 0.25) is 5.88 Å². The molecule has 0 spiro atoms. The summed E-state index contributed by atoms with van der Waals surface area (Å²) in [4.78, 5) is 14.4. The smallest absolute Gasteiger partial charge is 0.259 e. The van der Waals surface area contributed by atoms with Gasteiger partial charge in [-0.1, -0.05) is 5.16 Å². The first-order valence-electron chi connectivity index (χ1n) is 8.14. The third kappa shape index (κ3) is 2.71. The lowest BCUT2D eigenvalue weighted by Gasteiger charge is -2.30. The van der Waals surface area contributed by atoms with Gasteiger partial charge in [0.25, 0.3) is 5.91 Å². The molecule has 1 fully saturated rings. The highest BCUT2D eigenvalue weighted by Crippen LogP contribution is 2.28. The summed E-state index contributed by atoms with van der Waals surface area (Å²) in [6, 6.07) is 3.59. The van der Waals surface area contributed by atoms with Gasteiger partial charge in [-0.25, -0.2) is 0 Å². The summed E-state index contributed by atoms with van der Waals surface area (Å²) in [5, 5.41) is 16.5. The standard InChI is InChI=1S/C16H18N6O3/c1-10-12(9-17-25-10)16(23)21-7-5-11(6-8-21)15-19-18-13-3-4-14(24-2)20-22(13)15/h3-4,9,11H,5-8H2,1-2H3. The van der Waals surface area contributed by atoms with E-state index in [4.69, 9.17) is 9.26 Å². The van der Waals surface area contributed by atoms with Gasteiger partial charge < -0.3 is 14.2 Å². The minimum atomic E-state index is -0.0388. The maximum atomic E-state index is 12.5. The fraction of sp³-hybridized carbons (Fsp3) is 0.438. The number of aryl methyl sites for hydroxylation is 1. The molecule has 9 nitrogen and oxygen atoms in total. The van der Waals surface area contributed by atoms with Crippen LogP contribution < -0.4 is 4.74 Å². The summed E-state index contributed by atoms with van der Waals surface area (Å²) < 4.78 is 11.9. The van der Waals surface area contributed by atoms with Crippen molar-refractivity contribution in [2.45, 2.75) is 25.7 Å². The number of ether oxygens (including phenoxy) is 1. The fourth-order valence-corrected chi connectivity index (χ4v) is 3.17. The first-order chi connectivity index (χ1) is 12.2. The number of carbonyl (C=O) groups is 1. The molecule has 1 aliphatic rings. The molecule has 0 N–H and O–H groups in total. The molecule has 1 amide bonds. The topological polar surface area (TPSA) is 98.7 Å². The van der Waals surface area contributed by atoms with Crippen molar-refractivity contribution in [2.24, 2.45) is 0 Å². The van der Waals surface area contributed by atoms with E-state index in [2.05, 4.69) is 20.5 Å². The molecule has 130 valence electrons. The van der Waals surface area contributed by atoms with Crippen LogP contribution in [0.5, 0.6) is 5.88 Å². The molecule has 0 radical (unpaired) electrons. The minimum absolute atomic E-state index is 0.0388. The normalized spacial score (nSPS) is 15.7. The molecule has 0 aromatic carbocycles. The second-order valence-corrected chi connectivity index (χ2v) is 6.07. The van der Waals surface area contributed by atoms with Crippen molar-refractivity contribution in [3.05, 3.63) is 35.5 Å². The zero-order valence-corrected chi connectivity index (χ0v) is 14.0. The van der Waals surface area contributed by atoms with Gasteiger partial charge in [0.05, 0.1) is 13.3 Å². The lowest BCUT2D eigenvalue weighted by Crippen LogP contribution is -2.38. The average molecular weight is 342 g/mol. The number of nitrogens with zero attached hydrogens (tertiary/aromatic N) is 6. The molecule has 3 aromatic rings. The molecule has 1 saturated heterocycles. The van der Waals surface area contributed by atoms with Gasteiger partial charge in [0, 0.05) is 25.1 Å². The molecule has 0 unspecified atom stereocenters. The summed E-state index contributed by atoms with van der Waals surface area (Å²) in [5.74, 6) is 2.03. The Hall–Kier alpha value is -2.97. The Labute approximate surface area is 143 Å². The summed E-state index contributed by atoms with van der Waals surface area (Å²) in [7, 11) is 1.58. The van der Waals surface area contributed by atoms with Crippen molar-refractivity contribution in [3.8, 4) is 5.88 Å². The van der Waals surface area contributed by atoms with E-state index < -0.39 is 0 Å². The van der Waals surface area contributed by atoms with Crippen molar-refractivity contribution in [1.29, 1.82) is 0 Å². The van der Waals surface area contributed by atoms with E-state index in [0.717, 1.165) is 18.7 Å². The van der Waals surface area contributed by atoms with E-state index in [-0.39, 0.29) is 11.8 Å². The van der Waals surface area contributed by atoms with Crippen LogP contribution in [0.25, 0.3) is 5.65 Å². The van der Waals surface area contributed by atoms with Crippen molar-refractivity contribution in [1.82, 2.24) is 29.9 Å². The second-order valence-electron chi connectivity index (χ2n) is 6.07. The zero-order valence-electron chi connectivity index (χ0n) is 14.0. The summed E-state index contributed by atoms with van der Waals surface area (Å²) in [5.41, 5.74) is 1.21. The Kier molecular flexibility index (Phi) is 3.83. The van der Waals surface area contributed by atoms with E-state index in [0.29, 0.717) is 35.9 Å². The number of aromatic nitrogens is 5. The van der Waals surface area contributed by atoms with Crippen LogP contribution in [0.4, 0.5) is 0 Å². The number of carbonyl (C=O) groups excluding carboxylic acids is 1. The Morgan fingerprint density at radius 2 is 2.08 bits per heavy atom. The average Bonchev–Trinajstić information content (AvgIpc) is 3.26. The monoisotopic (exact) mass is 342 g/mol. The molecule has 0 bridgehead atoms. The van der Waals surface area contributed by atoms with Crippen LogP contribution in [-0.4, -0.2) is 56.0 Å². The molecule has 1 aliphatic heterocycles. The van der Waals surface area contributed by atoms with Gasteiger partial charge in [-0.3, -0.25) is 4.79 Å². The first kappa shape index (κ1) is 15.6. The summed E-state index contributed by atoms with van der Waals surface area (Å²) >= 11 is 0. The molecular formula is C16H18N6O3. The van der Waals surface area contributed by atoms with Gasteiger partial charge >= 0.3 is 0 Å². The summed E-state index contributed by atoms with van der Waals surface area (Å²) in [6.45, 7) is 3.04. The van der Waals surface area contributed by atoms with Crippen LogP contribution in [0.1, 0.15) is 40.7 Å². The minimum Gasteiger partial charge on any atom is -0.480 e. The van der Waals surface area contributed by atoms with Gasteiger partial charge in [0.15, 0.2) is 11.5 Å². The van der Waals surface area contributed by atoms with Crippen LogP contribution in [0.3, 0.4) is 0 Å². The van der Waals surface area contributed by atoms with Crippen molar-refractivity contribution in [2.75, 3.05) is 20.2 Å². The van der Waals surface area contributed by atoms with Crippen molar-refractivity contribution < 1.29 is 14.1 Å². The second kappa shape index (κ2) is 6.15. The molecule has 25 heavy (non-hydrogen) atoms. The van der Waals surface area contributed by atoms with Gasteiger partial charge in [-0.2, -0.15) is 4.52 Å². The van der Waals surface area contributed by atoms with Gasteiger partial charge in [0.1, 0.15) is 11.3 Å². The van der Waals surface area contributed by atoms with E-state index in [1.54, 1.807) is 24.6 Å². The van der Waals surface area contributed by atoms with Crippen LogP contribution >= 0.6 is 0 Å². The van der Waals surface area contributed by atoms with E-state index in [9.17, 15) is 4.79 Å². The van der Waals surface area contributed by atoms with E-state index >= 15 is 0 Å². The van der Waals surface area contributed by atoms with Crippen LogP contribution in [0.2, 0.25) is 0 Å². The van der Waals surface area contributed by atoms with Gasteiger partial charge in [-0.05, 0) is 25.8 Å². The van der Waals surface area contributed by atoms with Crippen molar-refractivity contribution >= 4 is 11.6 Å². The SMILES string of the molecule is COc1ccc2nnc(C3CCN(C(=O)c4cnoc4C)CC3)n2n1. The molecule has 0 atom stereocenters. The molecule has 3 aromatic heterocycles. The Bertz CT molecular complexity index is 910. The highest BCUT2D eigenvalue weighted by Gasteiger charge is 2.29. The Morgan fingerprint density at radius 3 is 2.76 bits per heavy atom.